The van der Waals surface area contributed by atoms with Crippen LogP contribution in [0.2, 0.25) is 0 Å². The van der Waals surface area contributed by atoms with E-state index in [0.717, 1.165) is 64.0 Å². The van der Waals surface area contributed by atoms with E-state index in [4.69, 9.17) is 14.5 Å². The number of benzene rings is 2. The van der Waals surface area contributed by atoms with Gasteiger partial charge in [-0.15, -0.1) is 0 Å². The van der Waals surface area contributed by atoms with Gasteiger partial charge in [0.15, 0.2) is 0 Å². The van der Waals surface area contributed by atoms with E-state index >= 15 is 0 Å². The summed E-state index contributed by atoms with van der Waals surface area (Å²) in [5, 5.41) is 2.88. The number of aryl methyl sites for hydroxylation is 2. The molecule has 228 valence electrons. The van der Waals surface area contributed by atoms with Crippen LogP contribution in [0.25, 0.3) is 22.4 Å². The lowest BCUT2D eigenvalue weighted by Gasteiger charge is -2.42. The van der Waals surface area contributed by atoms with Gasteiger partial charge < -0.3 is 19.4 Å². The van der Waals surface area contributed by atoms with Gasteiger partial charge in [-0.1, -0.05) is 30.3 Å². The molecule has 1 fully saturated rings. The van der Waals surface area contributed by atoms with Gasteiger partial charge in [-0.05, 0) is 66.6 Å². The van der Waals surface area contributed by atoms with Gasteiger partial charge >= 0.3 is 5.69 Å². The zero-order valence-electron chi connectivity index (χ0n) is 25.9. The minimum absolute atomic E-state index is 0.107. The standard InChI is InChI=1S/C34H37N5O5/c1-19-23(24-10-8-12-27(20(24)2)35-31(40)26-18-37(3)34(42)38(4)33(26)41)9-7-11-25(19)28-15-21-13-14-29(30(21)32(36-28)44-6)39-16-22(17-39)43-5/h7-12,15,18,22,29H,13-14,16-17H2,1-6H3,(H,35,40)/t29-/m0/s1. The van der Waals surface area contributed by atoms with Gasteiger partial charge in [0.1, 0.15) is 5.56 Å². The van der Waals surface area contributed by atoms with Crippen LogP contribution in [0.1, 0.15) is 45.1 Å². The molecular weight excluding hydrogens is 558 g/mol. The minimum Gasteiger partial charge on any atom is -0.481 e. The molecule has 2 aromatic heterocycles. The number of methoxy groups -OCH3 is 2. The lowest BCUT2D eigenvalue weighted by atomic mass is 9.91. The molecule has 1 N–H and O–H groups in total. The number of hydrogen-bond acceptors (Lipinski definition) is 7. The third-order valence-corrected chi connectivity index (χ3v) is 9.15. The van der Waals surface area contributed by atoms with Gasteiger partial charge in [0.05, 0.1) is 18.9 Å². The van der Waals surface area contributed by atoms with Crippen LogP contribution >= 0.6 is 0 Å². The molecule has 10 heteroatoms. The van der Waals surface area contributed by atoms with Crippen molar-refractivity contribution >= 4 is 11.6 Å². The fourth-order valence-corrected chi connectivity index (χ4v) is 6.54. The molecule has 2 aliphatic rings. The van der Waals surface area contributed by atoms with Crippen LogP contribution in [0.5, 0.6) is 5.88 Å². The number of carbonyl (C=O) groups is 1. The van der Waals surface area contributed by atoms with Crippen molar-refractivity contribution in [2.45, 2.75) is 38.8 Å². The van der Waals surface area contributed by atoms with Crippen molar-refractivity contribution in [1.29, 1.82) is 0 Å². The van der Waals surface area contributed by atoms with Crippen LogP contribution in [0.3, 0.4) is 0 Å². The molecule has 0 unspecified atom stereocenters. The number of carbonyl (C=O) groups excluding carboxylic acids is 1. The lowest BCUT2D eigenvalue weighted by molar-refractivity contribution is -0.0514. The normalized spacial score (nSPS) is 16.5. The molecule has 1 aliphatic heterocycles. The summed E-state index contributed by atoms with van der Waals surface area (Å²) in [6.07, 6.45) is 3.57. The van der Waals surface area contributed by atoms with Crippen LogP contribution in [0, 0.1) is 13.8 Å². The number of pyridine rings is 1. The van der Waals surface area contributed by atoms with Crippen molar-refractivity contribution in [3.63, 3.8) is 0 Å². The molecule has 1 amide bonds. The monoisotopic (exact) mass is 595 g/mol. The number of nitrogens with one attached hydrogen (secondary N) is 1. The Labute approximate surface area is 255 Å². The smallest absolute Gasteiger partial charge is 0.330 e. The summed E-state index contributed by atoms with van der Waals surface area (Å²) in [5.41, 5.74) is 7.55. The Morgan fingerprint density at radius 1 is 0.977 bits per heavy atom. The maximum Gasteiger partial charge on any atom is 0.330 e. The van der Waals surface area contributed by atoms with E-state index in [-0.39, 0.29) is 5.56 Å². The highest BCUT2D eigenvalue weighted by Crippen LogP contribution is 2.45. The molecule has 44 heavy (non-hydrogen) atoms. The number of fused-ring (bicyclic) bond motifs is 1. The Morgan fingerprint density at radius 2 is 1.66 bits per heavy atom. The molecule has 0 spiro atoms. The molecule has 1 aliphatic carbocycles. The molecule has 1 saturated heterocycles. The summed E-state index contributed by atoms with van der Waals surface area (Å²) >= 11 is 0. The molecule has 6 rings (SSSR count). The van der Waals surface area contributed by atoms with Gasteiger partial charge in [-0.3, -0.25) is 19.1 Å². The summed E-state index contributed by atoms with van der Waals surface area (Å²) in [6.45, 7) is 5.87. The second-order valence-electron chi connectivity index (χ2n) is 11.7. The van der Waals surface area contributed by atoms with Gasteiger partial charge in [0, 0.05) is 63.3 Å². The van der Waals surface area contributed by atoms with Gasteiger partial charge in [-0.25, -0.2) is 9.78 Å². The molecular formula is C34H37N5O5. The fourth-order valence-electron chi connectivity index (χ4n) is 6.54. The summed E-state index contributed by atoms with van der Waals surface area (Å²) in [7, 11) is 6.32. The second kappa shape index (κ2) is 11.5. The number of hydrogen-bond donors (Lipinski definition) is 1. The predicted octanol–water partition coefficient (Wildman–Crippen LogP) is 4.01. The number of ether oxygens (including phenoxy) is 2. The molecule has 0 bridgehead atoms. The average molecular weight is 596 g/mol. The van der Waals surface area contributed by atoms with Crippen molar-refractivity contribution in [3.05, 3.63) is 97.3 Å². The topological polar surface area (TPSA) is 108 Å². The quantitative estimate of drug-likeness (QED) is 0.344. The Hall–Kier alpha value is -4.54. The number of nitrogens with zero attached hydrogens (tertiary/aromatic N) is 4. The molecule has 3 heterocycles. The Kier molecular flexibility index (Phi) is 7.73. The first-order valence-corrected chi connectivity index (χ1v) is 14.8. The van der Waals surface area contributed by atoms with Gasteiger partial charge in [0.25, 0.3) is 11.5 Å². The van der Waals surface area contributed by atoms with Crippen LogP contribution in [0.4, 0.5) is 5.69 Å². The zero-order chi connectivity index (χ0) is 31.3. The van der Waals surface area contributed by atoms with Crippen molar-refractivity contribution < 1.29 is 14.3 Å². The van der Waals surface area contributed by atoms with Crippen molar-refractivity contribution in [2.75, 3.05) is 32.6 Å². The highest BCUT2D eigenvalue weighted by atomic mass is 16.5. The van der Waals surface area contributed by atoms with Crippen molar-refractivity contribution in [2.24, 2.45) is 14.1 Å². The molecule has 0 saturated carbocycles. The summed E-state index contributed by atoms with van der Waals surface area (Å²) in [5.74, 6) is 0.103. The maximum absolute atomic E-state index is 13.2. The number of anilines is 1. The average Bonchev–Trinajstić information content (AvgIpc) is 3.42. The van der Waals surface area contributed by atoms with E-state index in [1.807, 2.05) is 25.1 Å². The van der Waals surface area contributed by atoms with Crippen molar-refractivity contribution in [1.82, 2.24) is 19.0 Å². The predicted molar refractivity (Wildman–Crippen MR) is 169 cm³/mol. The van der Waals surface area contributed by atoms with E-state index in [9.17, 15) is 14.4 Å². The van der Waals surface area contributed by atoms with E-state index < -0.39 is 17.2 Å². The Balaban J connectivity index is 1.33. The first kappa shape index (κ1) is 29.5. The molecule has 1 atom stereocenters. The third kappa shape index (κ3) is 4.93. The first-order chi connectivity index (χ1) is 21.1. The summed E-state index contributed by atoms with van der Waals surface area (Å²) < 4.78 is 13.5. The molecule has 0 radical (unpaired) electrons. The lowest BCUT2D eigenvalue weighted by Crippen LogP contribution is -2.52. The number of likely N-dealkylation sites (tertiary alicyclic amines) is 1. The Morgan fingerprint density at radius 3 is 2.36 bits per heavy atom. The SMILES string of the molecule is COc1nc(-c2cccc(-c3cccc(NC(=O)c4cn(C)c(=O)n(C)c4=O)c3C)c2C)cc2c1[C@@H](N1CC(OC)C1)CC2. The van der Waals surface area contributed by atoms with Crippen LogP contribution in [-0.4, -0.2) is 58.3 Å². The Bertz CT molecular complexity index is 1900. The van der Waals surface area contributed by atoms with E-state index in [1.165, 1.54) is 36.0 Å². The van der Waals surface area contributed by atoms with E-state index in [1.54, 1.807) is 20.3 Å². The van der Waals surface area contributed by atoms with E-state index in [2.05, 4.69) is 35.3 Å². The highest BCUT2D eigenvalue weighted by molar-refractivity contribution is 6.04. The molecule has 4 aromatic rings. The van der Waals surface area contributed by atoms with Gasteiger partial charge in [0.2, 0.25) is 5.88 Å². The van der Waals surface area contributed by atoms with Crippen LogP contribution in [-0.2, 0) is 25.3 Å². The number of aromatic nitrogens is 3. The highest BCUT2D eigenvalue weighted by Gasteiger charge is 2.39. The first-order valence-electron chi connectivity index (χ1n) is 14.8. The van der Waals surface area contributed by atoms with Crippen LogP contribution in [0.15, 0.2) is 58.3 Å². The zero-order valence-corrected chi connectivity index (χ0v) is 25.9. The summed E-state index contributed by atoms with van der Waals surface area (Å²) in [6, 6.07) is 14.4. The summed E-state index contributed by atoms with van der Waals surface area (Å²) in [4.78, 5) is 45.3. The number of amides is 1. The number of rotatable bonds is 7. The van der Waals surface area contributed by atoms with E-state index in [0.29, 0.717) is 23.7 Å². The largest absolute Gasteiger partial charge is 0.481 e. The molecule has 2 aromatic carbocycles. The van der Waals surface area contributed by atoms with Crippen LogP contribution < -0.4 is 21.3 Å². The second-order valence-corrected chi connectivity index (χ2v) is 11.7. The minimum atomic E-state index is -0.643. The molecule has 10 nitrogen and oxygen atoms in total. The van der Waals surface area contributed by atoms with Crippen molar-refractivity contribution in [3.8, 4) is 28.3 Å². The fraction of sp³-hybridized carbons (Fsp3) is 0.353. The maximum atomic E-state index is 13.2. The third-order valence-electron chi connectivity index (χ3n) is 9.15. The van der Waals surface area contributed by atoms with Gasteiger partial charge in [-0.2, -0.15) is 0 Å².